The van der Waals surface area contributed by atoms with Gasteiger partial charge in [-0.3, -0.25) is 4.98 Å². The molecule has 3 rings (SSSR count). The molecule has 0 unspecified atom stereocenters. The van der Waals surface area contributed by atoms with Gasteiger partial charge < -0.3 is 4.74 Å². The fourth-order valence-corrected chi connectivity index (χ4v) is 2.77. The zero-order valence-corrected chi connectivity index (χ0v) is 11.2. The molecule has 0 atom stereocenters. The van der Waals surface area contributed by atoms with Crippen molar-refractivity contribution in [2.24, 2.45) is 0 Å². The maximum atomic E-state index is 9.36. The van der Waals surface area contributed by atoms with Crippen molar-refractivity contribution in [3.8, 4) is 6.07 Å². The van der Waals surface area contributed by atoms with Gasteiger partial charge in [-0.05, 0) is 39.2 Å². The van der Waals surface area contributed by atoms with Gasteiger partial charge in [0.15, 0.2) is 0 Å². The summed E-state index contributed by atoms with van der Waals surface area (Å²) in [6.07, 6.45) is 3.27. The van der Waals surface area contributed by atoms with E-state index < -0.39 is 0 Å². The lowest BCUT2D eigenvalue weighted by Gasteiger charge is -2.33. The topological polar surface area (TPSA) is 45.9 Å². The van der Waals surface area contributed by atoms with Crippen LogP contribution in [0.1, 0.15) is 60.7 Å². The van der Waals surface area contributed by atoms with Crippen LogP contribution >= 0.6 is 0 Å². The van der Waals surface area contributed by atoms with Crippen molar-refractivity contribution in [3.63, 3.8) is 0 Å². The molecule has 1 fully saturated rings. The van der Waals surface area contributed by atoms with Gasteiger partial charge in [0.2, 0.25) is 0 Å². The molecule has 0 bridgehead atoms. The van der Waals surface area contributed by atoms with Crippen LogP contribution in [0.5, 0.6) is 0 Å². The predicted molar refractivity (Wildman–Crippen MR) is 68.2 cm³/mol. The number of nitriles is 1. The fraction of sp³-hybridized carbons (Fsp3) is 0.600. The minimum Gasteiger partial charge on any atom is -0.370 e. The van der Waals surface area contributed by atoms with Gasteiger partial charge in [-0.2, -0.15) is 5.26 Å². The molecule has 0 saturated heterocycles. The quantitative estimate of drug-likeness (QED) is 0.760. The van der Waals surface area contributed by atoms with Crippen LogP contribution in [0.2, 0.25) is 0 Å². The van der Waals surface area contributed by atoms with Crippen LogP contribution in [0.3, 0.4) is 0 Å². The summed E-state index contributed by atoms with van der Waals surface area (Å²) in [5.74, 6) is 0.606. The van der Waals surface area contributed by atoms with Gasteiger partial charge in [-0.25, -0.2) is 0 Å². The first-order valence-electron chi connectivity index (χ1n) is 6.58. The SMILES string of the molecule is Cc1nc(C2CC2)c2c(c1C#N)CC(C)(C)OC2. The third-order valence-corrected chi connectivity index (χ3v) is 3.91. The van der Waals surface area contributed by atoms with E-state index in [0.717, 1.165) is 17.7 Å². The number of fused-ring (bicyclic) bond motifs is 1. The highest BCUT2D eigenvalue weighted by molar-refractivity contribution is 5.50. The number of aromatic nitrogens is 1. The van der Waals surface area contributed by atoms with E-state index >= 15 is 0 Å². The van der Waals surface area contributed by atoms with E-state index in [9.17, 15) is 5.26 Å². The van der Waals surface area contributed by atoms with Crippen LogP contribution in [0.25, 0.3) is 0 Å². The van der Waals surface area contributed by atoms with Crippen molar-refractivity contribution in [1.82, 2.24) is 4.98 Å². The Labute approximate surface area is 108 Å². The lowest BCUT2D eigenvalue weighted by Crippen LogP contribution is -2.33. The van der Waals surface area contributed by atoms with E-state index in [1.807, 2.05) is 6.92 Å². The summed E-state index contributed by atoms with van der Waals surface area (Å²) in [5.41, 5.74) is 5.05. The molecule has 18 heavy (non-hydrogen) atoms. The lowest BCUT2D eigenvalue weighted by atomic mass is 9.87. The minimum absolute atomic E-state index is 0.173. The van der Waals surface area contributed by atoms with Gasteiger partial charge in [0.05, 0.1) is 23.5 Å². The molecule has 0 amide bonds. The van der Waals surface area contributed by atoms with Crippen LogP contribution < -0.4 is 0 Å². The molecule has 3 heteroatoms. The van der Waals surface area contributed by atoms with Crippen molar-refractivity contribution >= 4 is 0 Å². The molecule has 3 nitrogen and oxygen atoms in total. The van der Waals surface area contributed by atoms with Gasteiger partial charge in [-0.1, -0.05) is 0 Å². The average Bonchev–Trinajstić information content (AvgIpc) is 3.10. The standard InChI is InChI=1S/C15H18N2O/c1-9-12(7-16)11-6-15(2,3)18-8-13(11)14(17-9)10-4-5-10/h10H,4-6,8H2,1-3H3. The van der Waals surface area contributed by atoms with Crippen LogP contribution in [0.15, 0.2) is 0 Å². The van der Waals surface area contributed by atoms with Gasteiger partial charge in [0.25, 0.3) is 0 Å². The maximum Gasteiger partial charge on any atom is 0.101 e. The molecule has 0 N–H and O–H groups in total. The maximum absolute atomic E-state index is 9.36. The Kier molecular flexibility index (Phi) is 2.46. The highest BCUT2D eigenvalue weighted by Crippen LogP contribution is 2.44. The molecular weight excluding hydrogens is 224 g/mol. The summed E-state index contributed by atoms with van der Waals surface area (Å²) in [5, 5.41) is 9.36. The number of nitrogens with zero attached hydrogens (tertiary/aromatic N) is 2. The second kappa shape index (κ2) is 3.80. The lowest BCUT2D eigenvalue weighted by molar-refractivity contribution is -0.0407. The average molecular weight is 242 g/mol. The van der Waals surface area contributed by atoms with Crippen LogP contribution in [-0.2, 0) is 17.8 Å². The van der Waals surface area contributed by atoms with Gasteiger partial charge in [-0.15, -0.1) is 0 Å². The van der Waals surface area contributed by atoms with Crippen LogP contribution in [0, 0.1) is 18.3 Å². The molecule has 0 aromatic carbocycles. The molecular formula is C15H18N2O. The number of hydrogen-bond donors (Lipinski definition) is 0. The molecule has 94 valence electrons. The monoisotopic (exact) mass is 242 g/mol. The molecule has 0 spiro atoms. The molecule has 1 aliphatic carbocycles. The van der Waals surface area contributed by atoms with Crippen LogP contribution in [-0.4, -0.2) is 10.6 Å². The Balaban J connectivity index is 2.19. The number of rotatable bonds is 1. The molecule has 1 aliphatic heterocycles. The first-order chi connectivity index (χ1) is 8.52. The molecule has 2 aliphatic rings. The van der Waals surface area contributed by atoms with Crippen LogP contribution in [0.4, 0.5) is 0 Å². The summed E-state index contributed by atoms with van der Waals surface area (Å²) in [7, 11) is 0. The number of hydrogen-bond acceptors (Lipinski definition) is 3. The smallest absolute Gasteiger partial charge is 0.101 e. The predicted octanol–water partition coefficient (Wildman–Crippen LogP) is 2.99. The second-order valence-corrected chi connectivity index (χ2v) is 6.03. The Morgan fingerprint density at radius 1 is 1.33 bits per heavy atom. The van der Waals surface area contributed by atoms with Crippen molar-refractivity contribution in [2.75, 3.05) is 0 Å². The number of ether oxygens (including phenoxy) is 1. The highest BCUT2D eigenvalue weighted by Gasteiger charge is 2.35. The first-order valence-corrected chi connectivity index (χ1v) is 6.58. The summed E-state index contributed by atoms with van der Waals surface area (Å²) in [6.45, 7) is 6.73. The first kappa shape index (κ1) is 11.7. The molecule has 1 aromatic rings. The number of pyridine rings is 1. The van der Waals surface area contributed by atoms with Gasteiger partial charge >= 0.3 is 0 Å². The second-order valence-electron chi connectivity index (χ2n) is 6.03. The highest BCUT2D eigenvalue weighted by atomic mass is 16.5. The summed E-state index contributed by atoms with van der Waals surface area (Å²) < 4.78 is 5.90. The van der Waals surface area contributed by atoms with E-state index in [1.165, 1.54) is 29.7 Å². The largest absolute Gasteiger partial charge is 0.370 e. The Bertz CT molecular complexity index is 551. The third kappa shape index (κ3) is 1.81. The van der Waals surface area contributed by atoms with Crippen molar-refractivity contribution in [1.29, 1.82) is 5.26 Å². The zero-order chi connectivity index (χ0) is 12.9. The molecule has 2 heterocycles. The molecule has 0 radical (unpaired) electrons. The summed E-state index contributed by atoms with van der Waals surface area (Å²) in [6, 6.07) is 2.33. The van der Waals surface area contributed by atoms with Crippen molar-refractivity contribution in [3.05, 3.63) is 28.1 Å². The zero-order valence-electron chi connectivity index (χ0n) is 11.2. The van der Waals surface area contributed by atoms with E-state index in [1.54, 1.807) is 0 Å². The summed E-state index contributed by atoms with van der Waals surface area (Å²) in [4.78, 5) is 4.66. The van der Waals surface area contributed by atoms with Gasteiger partial charge in [0, 0.05) is 23.6 Å². The fourth-order valence-electron chi connectivity index (χ4n) is 2.77. The van der Waals surface area contributed by atoms with Gasteiger partial charge in [0.1, 0.15) is 6.07 Å². The Morgan fingerprint density at radius 2 is 2.06 bits per heavy atom. The minimum atomic E-state index is -0.173. The number of aryl methyl sites for hydroxylation is 1. The normalized spacial score (nSPS) is 21.2. The van der Waals surface area contributed by atoms with Crippen molar-refractivity contribution < 1.29 is 4.74 Å². The Morgan fingerprint density at radius 3 is 2.67 bits per heavy atom. The molecule has 1 aromatic heterocycles. The van der Waals surface area contributed by atoms with E-state index in [-0.39, 0.29) is 5.60 Å². The molecule has 1 saturated carbocycles. The van der Waals surface area contributed by atoms with E-state index in [4.69, 9.17) is 4.74 Å². The third-order valence-electron chi connectivity index (χ3n) is 3.91. The summed E-state index contributed by atoms with van der Waals surface area (Å²) >= 11 is 0. The van der Waals surface area contributed by atoms with E-state index in [2.05, 4.69) is 24.9 Å². The van der Waals surface area contributed by atoms with E-state index in [0.29, 0.717) is 12.5 Å². The van der Waals surface area contributed by atoms with Crippen molar-refractivity contribution in [2.45, 2.75) is 58.2 Å². The Hall–Kier alpha value is -1.40.